The zero-order valence-electron chi connectivity index (χ0n) is 12.3. The van der Waals surface area contributed by atoms with Gasteiger partial charge in [-0.15, -0.1) is 0 Å². The van der Waals surface area contributed by atoms with Crippen LogP contribution >= 0.6 is 0 Å². The third-order valence-corrected chi connectivity index (χ3v) is 4.79. The second-order valence-electron chi connectivity index (χ2n) is 6.08. The van der Waals surface area contributed by atoms with Gasteiger partial charge in [-0.3, -0.25) is 0 Å². The molecular weight excluding hydrogens is 252 g/mol. The van der Waals surface area contributed by atoms with Crippen LogP contribution in [0.2, 0.25) is 0 Å². The van der Waals surface area contributed by atoms with Crippen molar-refractivity contribution in [1.29, 1.82) is 0 Å². The third kappa shape index (κ3) is 2.50. The van der Waals surface area contributed by atoms with Gasteiger partial charge < -0.3 is 15.3 Å². The van der Waals surface area contributed by atoms with Crippen molar-refractivity contribution in [3.63, 3.8) is 0 Å². The lowest BCUT2D eigenvalue weighted by Gasteiger charge is -2.18. The first-order valence-corrected chi connectivity index (χ1v) is 7.60. The maximum absolute atomic E-state index is 10.1. The Balaban J connectivity index is 1.83. The minimum absolute atomic E-state index is 0.0898. The molecule has 4 nitrogen and oxygen atoms in total. The lowest BCUT2D eigenvalue weighted by Crippen LogP contribution is -2.20. The largest absolute Gasteiger partial charge is 0.507 e. The highest BCUT2D eigenvalue weighted by molar-refractivity contribution is 5.61. The summed E-state index contributed by atoms with van der Waals surface area (Å²) in [4.78, 5) is 0. The van der Waals surface area contributed by atoms with E-state index in [4.69, 9.17) is 4.74 Å². The minimum Gasteiger partial charge on any atom is -0.507 e. The fourth-order valence-corrected chi connectivity index (χ4v) is 3.48. The second kappa shape index (κ2) is 5.62. The van der Waals surface area contributed by atoms with Gasteiger partial charge in [0.25, 0.3) is 0 Å². The summed E-state index contributed by atoms with van der Waals surface area (Å²) in [5.41, 5.74) is 9.68. The monoisotopic (exact) mass is 276 g/mol. The highest BCUT2D eigenvalue weighted by Gasteiger charge is 2.28. The van der Waals surface area contributed by atoms with Crippen LogP contribution in [0, 0.1) is 5.92 Å². The molecule has 3 N–H and O–H groups in total. The molecule has 1 aliphatic carbocycles. The van der Waals surface area contributed by atoms with Crippen molar-refractivity contribution in [3.05, 3.63) is 23.3 Å². The molecule has 0 saturated heterocycles. The van der Waals surface area contributed by atoms with E-state index in [1.54, 1.807) is 7.11 Å². The molecule has 0 radical (unpaired) electrons. The second-order valence-corrected chi connectivity index (χ2v) is 6.08. The molecule has 2 unspecified atom stereocenters. The van der Waals surface area contributed by atoms with Crippen molar-refractivity contribution in [1.82, 2.24) is 5.43 Å². The van der Waals surface area contributed by atoms with Crippen LogP contribution in [0.15, 0.2) is 12.1 Å². The molecule has 0 spiro atoms. The molecule has 4 heteroatoms. The number of anilines is 1. The molecule has 110 valence electrons. The Morgan fingerprint density at radius 1 is 1.35 bits per heavy atom. The third-order valence-electron chi connectivity index (χ3n) is 4.79. The Hall–Kier alpha value is -1.26. The first kappa shape index (κ1) is 13.7. The number of aromatic hydroxyl groups is 1. The van der Waals surface area contributed by atoms with Crippen LogP contribution in [0.1, 0.15) is 62.3 Å². The van der Waals surface area contributed by atoms with Crippen LogP contribution in [-0.4, -0.2) is 12.2 Å². The minimum atomic E-state index is -0.0898. The Kier molecular flexibility index (Phi) is 3.85. The standard InChI is InChI=1S/C16H24N2O2/c1-10(20-2)12-8-13-14(7-11-5-3-4-6-11)17-18-15(13)9-16(12)19/h8-11,14,17-19H,3-7H2,1-2H3. The topological polar surface area (TPSA) is 53.5 Å². The van der Waals surface area contributed by atoms with Crippen LogP contribution in [0.3, 0.4) is 0 Å². The van der Waals surface area contributed by atoms with Crippen LogP contribution in [0.5, 0.6) is 5.75 Å². The summed E-state index contributed by atoms with van der Waals surface area (Å²) in [6, 6.07) is 4.24. The summed E-state index contributed by atoms with van der Waals surface area (Å²) in [6.45, 7) is 1.96. The van der Waals surface area contributed by atoms with Crippen molar-refractivity contribution in [3.8, 4) is 5.75 Å². The Morgan fingerprint density at radius 3 is 2.80 bits per heavy atom. The first-order valence-electron chi connectivity index (χ1n) is 7.60. The summed E-state index contributed by atoms with van der Waals surface area (Å²) in [5, 5.41) is 10.1. The van der Waals surface area contributed by atoms with E-state index < -0.39 is 0 Å². The zero-order valence-corrected chi connectivity index (χ0v) is 12.3. The van der Waals surface area contributed by atoms with Gasteiger partial charge in [-0.05, 0) is 30.9 Å². The van der Waals surface area contributed by atoms with E-state index in [-0.39, 0.29) is 6.10 Å². The molecule has 3 rings (SSSR count). The van der Waals surface area contributed by atoms with Gasteiger partial charge in [-0.25, -0.2) is 5.43 Å². The summed E-state index contributed by atoms with van der Waals surface area (Å²) in [5.74, 6) is 1.13. The summed E-state index contributed by atoms with van der Waals surface area (Å²) < 4.78 is 5.34. The highest BCUT2D eigenvalue weighted by Crippen LogP contribution is 2.41. The summed E-state index contributed by atoms with van der Waals surface area (Å²) in [6.07, 6.45) is 6.54. The first-order chi connectivity index (χ1) is 9.69. The maximum Gasteiger partial charge on any atom is 0.123 e. The fourth-order valence-electron chi connectivity index (χ4n) is 3.48. The van der Waals surface area contributed by atoms with E-state index in [2.05, 4.69) is 16.9 Å². The van der Waals surface area contributed by atoms with Crippen LogP contribution in [0.25, 0.3) is 0 Å². The van der Waals surface area contributed by atoms with Gasteiger partial charge in [0.2, 0.25) is 0 Å². The molecule has 0 bridgehead atoms. The van der Waals surface area contributed by atoms with Crippen molar-refractivity contribution >= 4 is 5.69 Å². The normalized spacial score (nSPS) is 23.6. The molecular formula is C16H24N2O2. The van der Waals surface area contributed by atoms with Gasteiger partial charge in [0.05, 0.1) is 17.8 Å². The number of benzene rings is 1. The number of rotatable bonds is 4. The average molecular weight is 276 g/mol. The number of hydrogen-bond donors (Lipinski definition) is 3. The summed E-state index contributed by atoms with van der Waals surface area (Å²) in [7, 11) is 1.67. The number of hydrogen-bond acceptors (Lipinski definition) is 4. The van der Waals surface area contributed by atoms with Gasteiger partial charge in [-0.1, -0.05) is 25.7 Å². The fraction of sp³-hybridized carbons (Fsp3) is 0.625. The predicted molar refractivity (Wildman–Crippen MR) is 79.6 cm³/mol. The van der Waals surface area contributed by atoms with Crippen LogP contribution in [0.4, 0.5) is 5.69 Å². The van der Waals surface area contributed by atoms with Crippen molar-refractivity contribution in [2.75, 3.05) is 12.5 Å². The molecule has 0 aromatic heterocycles. The van der Waals surface area contributed by atoms with Gasteiger partial charge in [0.15, 0.2) is 0 Å². The molecule has 0 amide bonds. The van der Waals surface area contributed by atoms with Crippen molar-refractivity contribution < 1.29 is 9.84 Å². The molecule has 1 saturated carbocycles. The molecule has 1 aliphatic heterocycles. The van der Waals surface area contributed by atoms with E-state index in [1.807, 2.05) is 13.0 Å². The molecule has 1 fully saturated rings. The van der Waals surface area contributed by atoms with E-state index in [0.29, 0.717) is 11.8 Å². The molecule has 1 aromatic rings. The lowest BCUT2D eigenvalue weighted by atomic mass is 9.92. The smallest absolute Gasteiger partial charge is 0.123 e. The zero-order chi connectivity index (χ0) is 14.1. The Morgan fingerprint density at radius 2 is 2.10 bits per heavy atom. The quantitative estimate of drug-likeness (QED) is 0.785. The number of fused-ring (bicyclic) bond motifs is 1. The molecule has 1 heterocycles. The van der Waals surface area contributed by atoms with Gasteiger partial charge in [0, 0.05) is 18.7 Å². The molecule has 1 aromatic carbocycles. The van der Waals surface area contributed by atoms with Crippen molar-refractivity contribution in [2.24, 2.45) is 5.92 Å². The van der Waals surface area contributed by atoms with Gasteiger partial charge in [0.1, 0.15) is 5.75 Å². The number of ether oxygens (including phenoxy) is 1. The van der Waals surface area contributed by atoms with Gasteiger partial charge in [-0.2, -0.15) is 0 Å². The molecule has 2 atom stereocenters. The average Bonchev–Trinajstić information content (AvgIpc) is 3.08. The van der Waals surface area contributed by atoms with Crippen LogP contribution < -0.4 is 10.9 Å². The van der Waals surface area contributed by atoms with E-state index in [0.717, 1.165) is 17.2 Å². The highest BCUT2D eigenvalue weighted by atomic mass is 16.5. The Labute approximate surface area is 120 Å². The van der Waals surface area contributed by atoms with Crippen molar-refractivity contribution in [2.45, 2.75) is 51.2 Å². The number of methoxy groups -OCH3 is 1. The summed E-state index contributed by atoms with van der Waals surface area (Å²) >= 11 is 0. The SMILES string of the molecule is COC(C)c1cc2c(cc1O)NNC2CC1CCCC1. The van der Waals surface area contributed by atoms with Gasteiger partial charge >= 0.3 is 0 Å². The maximum atomic E-state index is 10.1. The number of hydrazine groups is 1. The lowest BCUT2D eigenvalue weighted by molar-refractivity contribution is 0.117. The van der Waals surface area contributed by atoms with E-state index in [1.165, 1.54) is 37.7 Å². The molecule has 2 aliphatic rings. The number of phenols is 1. The predicted octanol–water partition coefficient (Wildman–Crippen LogP) is 3.65. The van der Waals surface area contributed by atoms with E-state index >= 15 is 0 Å². The Bertz CT molecular complexity index is 484. The van der Waals surface area contributed by atoms with E-state index in [9.17, 15) is 5.11 Å². The van der Waals surface area contributed by atoms with Crippen LogP contribution in [-0.2, 0) is 4.74 Å². The number of nitrogens with one attached hydrogen (secondary N) is 2. The molecule has 20 heavy (non-hydrogen) atoms. The number of phenolic OH excluding ortho intramolecular Hbond substituents is 1.